The van der Waals surface area contributed by atoms with E-state index in [-0.39, 0.29) is 11.7 Å². The van der Waals surface area contributed by atoms with Crippen LogP contribution in [0.4, 0.5) is 14.5 Å². The van der Waals surface area contributed by atoms with Crippen LogP contribution >= 0.6 is 0 Å². The Bertz CT molecular complexity index is 1140. The fraction of sp³-hybridized carbons (Fsp3) is 0.111. The molecule has 0 spiro atoms. The number of halogens is 2. The standard InChI is InChI=1S/C18H13F2N5O2/c1-10-5-6-11(16-23-18(15(19)20)27-24-16)8-12(10)22-17(26)13-9-21-14-4-2-3-7-25(13)14/h2-9,15H,1H3,(H,22,26). The highest BCUT2D eigenvalue weighted by Crippen LogP contribution is 2.26. The number of carbonyl (C=O) groups excluding carboxylic acids is 1. The zero-order valence-electron chi connectivity index (χ0n) is 14.1. The molecule has 0 saturated heterocycles. The number of fused-ring (bicyclic) bond motifs is 1. The van der Waals surface area contributed by atoms with E-state index in [4.69, 9.17) is 0 Å². The Morgan fingerprint density at radius 2 is 2.11 bits per heavy atom. The normalized spacial score (nSPS) is 11.3. The first-order chi connectivity index (χ1) is 13.0. The van der Waals surface area contributed by atoms with Gasteiger partial charge in [0, 0.05) is 17.4 Å². The number of hydrogen-bond acceptors (Lipinski definition) is 5. The van der Waals surface area contributed by atoms with E-state index < -0.39 is 12.3 Å². The van der Waals surface area contributed by atoms with Gasteiger partial charge in [-0.3, -0.25) is 9.20 Å². The van der Waals surface area contributed by atoms with Crippen molar-refractivity contribution in [1.82, 2.24) is 19.5 Å². The van der Waals surface area contributed by atoms with Gasteiger partial charge in [0.05, 0.1) is 6.20 Å². The van der Waals surface area contributed by atoms with E-state index in [2.05, 4.69) is 25.0 Å². The summed E-state index contributed by atoms with van der Waals surface area (Å²) in [6.45, 7) is 1.81. The van der Waals surface area contributed by atoms with E-state index in [1.54, 1.807) is 40.9 Å². The number of rotatable bonds is 4. The molecular formula is C18H13F2N5O2. The average Bonchev–Trinajstić information content (AvgIpc) is 3.30. The minimum Gasteiger partial charge on any atom is -0.333 e. The monoisotopic (exact) mass is 369 g/mol. The average molecular weight is 369 g/mol. The molecule has 1 amide bonds. The number of nitrogens with one attached hydrogen (secondary N) is 1. The minimum absolute atomic E-state index is 0.0237. The lowest BCUT2D eigenvalue weighted by Crippen LogP contribution is -2.15. The first kappa shape index (κ1) is 16.8. The number of hydrogen-bond donors (Lipinski definition) is 1. The Morgan fingerprint density at radius 1 is 1.26 bits per heavy atom. The van der Waals surface area contributed by atoms with Gasteiger partial charge in [-0.05, 0) is 30.7 Å². The fourth-order valence-electron chi connectivity index (χ4n) is 2.62. The summed E-state index contributed by atoms with van der Waals surface area (Å²) in [5, 5.41) is 6.37. The molecule has 4 aromatic rings. The van der Waals surface area contributed by atoms with E-state index in [1.807, 2.05) is 13.0 Å². The highest BCUT2D eigenvalue weighted by molar-refractivity contribution is 6.04. The lowest BCUT2D eigenvalue weighted by Gasteiger charge is -2.09. The van der Waals surface area contributed by atoms with Gasteiger partial charge in [-0.2, -0.15) is 13.8 Å². The van der Waals surface area contributed by atoms with Crippen LogP contribution in [0.2, 0.25) is 0 Å². The summed E-state index contributed by atoms with van der Waals surface area (Å²) >= 11 is 0. The molecule has 9 heteroatoms. The molecule has 0 bridgehead atoms. The Hall–Kier alpha value is -3.62. The van der Waals surface area contributed by atoms with Crippen LogP contribution in [0, 0.1) is 6.92 Å². The molecule has 136 valence electrons. The molecule has 0 atom stereocenters. The van der Waals surface area contributed by atoms with E-state index in [1.165, 1.54) is 6.20 Å². The Kier molecular flexibility index (Phi) is 4.11. The Labute approximate surface area is 151 Å². The van der Waals surface area contributed by atoms with E-state index in [9.17, 15) is 13.6 Å². The molecule has 4 rings (SSSR count). The summed E-state index contributed by atoms with van der Waals surface area (Å²) in [5.74, 6) is -1.08. The molecule has 0 aliphatic heterocycles. The summed E-state index contributed by atoms with van der Waals surface area (Å²) in [5.41, 5.74) is 2.77. The first-order valence-corrected chi connectivity index (χ1v) is 7.99. The molecule has 1 aromatic carbocycles. The molecule has 1 N–H and O–H groups in total. The van der Waals surface area contributed by atoms with Crippen molar-refractivity contribution < 1.29 is 18.1 Å². The fourth-order valence-corrected chi connectivity index (χ4v) is 2.62. The predicted molar refractivity (Wildman–Crippen MR) is 92.6 cm³/mol. The molecule has 0 unspecified atom stereocenters. The van der Waals surface area contributed by atoms with Crippen molar-refractivity contribution in [3.63, 3.8) is 0 Å². The number of imidazole rings is 1. The molecule has 0 radical (unpaired) electrons. The van der Waals surface area contributed by atoms with Gasteiger partial charge < -0.3 is 9.84 Å². The third-order valence-electron chi connectivity index (χ3n) is 4.02. The Morgan fingerprint density at radius 3 is 2.89 bits per heavy atom. The van der Waals surface area contributed by atoms with E-state index in [0.29, 0.717) is 22.6 Å². The van der Waals surface area contributed by atoms with E-state index in [0.717, 1.165) is 5.56 Å². The van der Waals surface area contributed by atoms with Crippen LogP contribution < -0.4 is 5.32 Å². The van der Waals surface area contributed by atoms with Gasteiger partial charge in [0.1, 0.15) is 11.3 Å². The van der Waals surface area contributed by atoms with Crippen LogP contribution in [0.15, 0.2) is 53.3 Å². The number of amides is 1. The molecular weight excluding hydrogens is 356 g/mol. The van der Waals surface area contributed by atoms with Crippen molar-refractivity contribution in [2.75, 3.05) is 5.32 Å². The zero-order chi connectivity index (χ0) is 19.0. The maximum atomic E-state index is 12.7. The Balaban J connectivity index is 1.64. The van der Waals surface area contributed by atoms with Gasteiger partial charge in [0.15, 0.2) is 0 Å². The van der Waals surface area contributed by atoms with Crippen molar-refractivity contribution in [2.24, 2.45) is 0 Å². The summed E-state index contributed by atoms with van der Waals surface area (Å²) in [6, 6.07) is 10.4. The van der Waals surface area contributed by atoms with E-state index >= 15 is 0 Å². The largest absolute Gasteiger partial charge is 0.333 e. The smallest absolute Gasteiger partial charge is 0.315 e. The van der Waals surface area contributed by atoms with Crippen LogP contribution in [0.25, 0.3) is 17.0 Å². The van der Waals surface area contributed by atoms with Crippen molar-refractivity contribution in [3.05, 3.63) is 65.9 Å². The molecule has 7 nitrogen and oxygen atoms in total. The zero-order valence-corrected chi connectivity index (χ0v) is 14.1. The number of carbonyl (C=O) groups is 1. The molecule has 27 heavy (non-hydrogen) atoms. The third-order valence-corrected chi connectivity index (χ3v) is 4.02. The van der Waals surface area contributed by atoms with Crippen molar-refractivity contribution >= 4 is 17.2 Å². The second-order valence-corrected chi connectivity index (χ2v) is 5.81. The van der Waals surface area contributed by atoms with Gasteiger partial charge in [0.2, 0.25) is 5.82 Å². The summed E-state index contributed by atoms with van der Waals surface area (Å²) < 4.78 is 31.5. The van der Waals surface area contributed by atoms with Gasteiger partial charge >= 0.3 is 6.43 Å². The number of pyridine rings is 1. The van der Waals surface area contributed by atoms with Crippen LogP contribution in [-0.4, -0.2) is 25.4 Å². The lowest BCUT2D eigenvalue weighted by molar-refractivity contribution is 0.102. The lowest BCUT2D eigenvalue weighted by atomic mass is 10.1. The number of aromatic nitrogens is 4. The maximum absolute atomic E-state index is 12.7. The van der Waals surface area contributed by atoms with Crippen molar-refractivity contribution in [2.45, 2.75) is 13.3 Å². The second kappa shape index (κ2) is 6.60. The topological polar surface area (TPSA) is 85.3 Å². The van der Waals surface area contributed by atoms with Crippen LogP contribution in [0.1, 0.15) is 28.4 Å². The van der Waals surface area contributed by atoms with Crippen molar-refractivity contribution in [1.29, 1.82) is 0 Å². The molecule has 0 saturated carbocycles. The minimum atomic E-state index is -2.84. The highest BCUT2D eigenvalue weighted by atomic mass is 19.3. The predicted octanol–water partition coefficient (Wildman–Crippen LogP) is 3.88. The van der Waals surface area contributed by atoms with Gasteiger partial charge in [-0.15, -0.1) is 0 Å². The SMILES string of the molecule is Cc1ccc(-c2noc(C(F)F)n2)cc1NC(=O)c1cnc2ccccn12. The van der Waals surface area contributed by atoms with Gasteiger partial charge in [-0.25, -0.2) is 4.98 Å². The first-order valence-electron chi connectivity index (χ1n) is 7.99. The molecule has 3 heterocycles. The quantitative estimate of drug-likeness (QED) is 0.590. The van der Waals surface area contributed by atoms with Gasteiger partial charge in [-0.1, -0.05) is 23.4 Å². The summed E-state index contributed by atoms with van der Waals surface area (Å²) in [4.78, 5) is 20.5. The number of benzene rings is 1. The number of aryl methyl sites for hydroxylation is 1. The van der Waals surface area contributed by atoms with Crippen molar-refractivity contribution in [3.8, 4) is 11.4 Å². The molecule has 0 aliphatic carbocycles. The molecule has 0 aliphatic rings. The number of anilines is 1. The van der Waals surface area contributed by atoms with Crippen LogP contribution in [0.5, 0.6) is 0 Å². The molecule has 0 fully saturated rings. The second-order valence-electron chi connectivity index (χ2n) is 5.81. The third kappa shape index (κ3) is 3.14. The number of nitrogens with zero attached hydrogens (tertiary/aromatic N) is 4. The highest BCUT2D eigenvalue weighted by Gasteiger charge is 2.18. The number of alkyl halides is 2. The van der Waals surface area contributed by atoms with Crippen LogP contribution in [-0.2, 0) is 0 Å². The summed E-state index contributed by atoms with van der Waals surface area (Å²) in [6.07, 6.45) is 0.384. The maximum Gasteiger partial charge on any atom is 0.315 e. The summed E-state index contributed by atoms with van der Waals surface area (Å²) in [7, 11) is 0. The van der Waals surface area contributed by atoms with Gasteiger partial charge in [0.25, 0.3) is 11.8 Å². The molecule has 3 aromatic heterocycles. The van der Waals surface area contributed by atoms with Crippen LogP contribution in [0.3, 0.4) is 0 Å².